The average molecular weight is 365 g/mol. The molecule has 25 heavy (non-hydrogen) atoms. The first-order valence-corrected chi connectivity index (χ1v) is 8.65. The maximum absolute atomic E-state index is 12.0. The molecule has 0 radical (unpaired) electrons. The van der Waals surface area contributed by atoms with Crippen LogP contribution < -0.4 is 11.1 Å². The molecule has 6 nitrogen and oxygen atoms in total. The number of amides is 1. The number of carbonyl (C=O) groups excluding carboxylic acids is 1. The molecule has 1 amide bonds. The number of aryl methyl sites for hydroxylation is 1. The van der Waals surface area contributed by atoms with Crippen molar-refractivity contribution in [2.45, 2.75) is 33.0 Å². The van der Waals surface area contributed by atoms with Crippen molar-refractivity contribution in [2.75, 3.05) is 25.0 Å². The minimum absolute atomic E-state index is 0.112. The van der Waals surface area contributed by atoms with E-state index in [2.05, 4.69) is 10.3 Å². The number of morpholine rings is 1. The van der Waals surface area contributed by atoms with E-state index in [0.29, 0.717) is 5.02 Å². The number of rotatable bonds is 5. The van der Waals surface area contributed by atoms with Crippen LogP contribution in [-0.2, 0) is 9.53 Å². The second-order valence-corrected chi connectivity index (χ2v) is 6.75. The molecule has 0 spiro atoms. The van der Waals surface area contributed by atoms with Crippen LogP contribution in [0.1, 0.15) is 19.4 Å². The standard InChI is InChI=1S/C18H25ClN4O2/c1-12-4-5-16(15(19)8-12)21-7-6-17(20)22-18(24)11-23-9-13(2)25-14(3)10-23/h4-8,13-14,21H,9-11H2,1-3H3,(H2,20,22,24)/b7-6-. The van der Waals surface area contributed by atoms with Crippen molar-refractivity contribution in [3.63, 3.8) is 0 Å². The number of hydrogen-bond donors (Lipinski definition) is 2. The van der Waals surface area contributed by atoms with Crippen molar-refractivity contribution in [3.05, 3.63) is 41.1 Å². The van der Waals surface area contributed by atoms with Crippen LogP contribution in [0, 0.1) is 6.92 Å². The molecule has 1 aromatic rings. The lowest BCUT2D eigenvalue weighted by molar-refractivity contribution is -0.122. The molecule has 0 saturated carbocycles. The molecule has 136 valence electrons. The third kappa shape index (κ3) is 6.49. The molecule has 2 atom stereocenters. The summed E-state index contributed by atoms with van der Waals surface area (Å²) in [4.78, 5) is 18.0. The van der Waals surface area contributed by atoms with E-state index < -0.39 is 0 Å². The van der Waals surface area contributed by atoms with Crippen LogP contribution in [0.25, 0.3) is 0 Å². The van der Waals surface area contributed by atoms with Crippen LogP contribution in [0.2, 0.25) is 5.02 Å². The first-order chi connectivity index (χ1) is 11.8. The largest absolute Gasteiger partial charge is 0.384 e. The Morgan fingerprint density at radius 1 is 1.44 bits per heavy atom. The van der Waals surface area contributed by atoms with Crippen molar-refractivity contribution in [2.24, 2.45) is 10.7 Å². The molecule has 7 heteroatoms. The van der Waals surface area contributed by atoms with Crippen molar-refractivity contribution in [1.82, 2.24) is 4.90 Å². The lowest BCUT2D eigenvalue weighted by Gasteiger charge is -2.34. The second kappa shape index (κ2) is 8.99. The Kier molecular flexibility index (Phi) is 6.99. The monoisotopic (exact) mass is 364 g/mol. The fourth-order valence-electron chi connectivity index (χ4n) is 2.78. The van der Waals surface area contributed by atoms with Crippen LogP contribution in [0.15, 0.2) is 35.5 Å². The number of nitrogens with one attached hydrogen (secondary N) is 1. The number of amidine groups is 1. The van der Waals surface area contributed by atoms with Gasteiger partial charge in [-0.15, -0.1) is 0 Å². The highest BCUT2D eigenvalue weighted by Gasteiger charge is 2.23. The number of hydrogen-bond acceptors (Lipinski definition) is 4. The molecular formula is C18H25ClN4O2. The fraction of sp³-hybridized carbons (Fsp3) is 0.444. The summed E-state index contributed by atoms with van der Waals surface area (Å²) in [5.74, 6) is -0.119. The van der Waals surface area contributed by atoms with Gasteiger partial charge in [-0.05, 0) is 44.5 Å². The van der Waals surface area contributed by atoms with Crippen LogP contribution in [0.3, 0.4) is 0 Å². The van der Waals surface area contributed by atoms with Gasteiger partial charge in [0.25, 0.3) is 5.91 Å². The average Bonchev–Trinajstić information content (AvgIpc) is 2.48. The molecule has 0 aliphatic carbocycles. The van der Waals surface area contributed by atoms with Crippen molar-refractivity contribution in [1.29, 1.82) is 0 Å². The maximum atomic E-state index is 12.0. The highest BCUT2D eigenvalue weighted by atomic mass is 35.5. The number of ether oxygens (including phenoxy) is 1. The minimum Gasteiger partial charge on any atom is -0.384 e. The number of nitrogens with two attached hydrogens (primary N) is 1. The summed E-state index contributed by atoms with van der Waals surface area (Å²) in [5.41, 5.74) is 7.63. The van der Waals surface area contributed by atoms with Crippen LogP contribution in [0.4, 0.5) is 5.69 Å². The molecular weight excluding hydrogens is 340 g/mol. The normalized spacial score (nSPS) is 22.3. The Morgan fingerprint density at radius 3 is 2.76 bits per heavy atom. The number of benzene rings is 1. The second-order valence-electron chi connectivity index (χ2n) is 6.34. The Bertz CT molecular complexity index is 665. The lowest BCUT2D eigenvalue weighted by atomic mass is 10.2. The van der Waals surface area contributed by atoms with Crippen LogP contribution in [-0.4, -0.2) is 48.5 Å². The first kappa shape index (κ1) is 19.4. The van der Waals surface area contributed by atoms with Gasteiger partial charge in [0, 0.05) is 19.3 Å². The molecule has 0 aromatic heterocycles. The van der Waals surface area contributed by atoms with Gasteiger partial charge in [0.1, 0.15) is 5.84 Å². The third-order valence-corrected chi connectivity index (χ3v) is 4.04. The van der Waals surface area contributed by atoms with Gasteiger partial charge in [-0.1, -0.05) is 17.7 Å². The number of aliphatic imine (C=N–C) groups is 1. The first-order valence-electron chi connectivity index (χ1n) is 8.27. The maximum Gasteiger partial charge on any atom is 0.261 e. The van der Waals surface area contributed by atoms with E-state index in [4.69, 9.17) is 22.1 Å². The van der Waals surface area contributed by atoms with Gasteiger partial charge in [0.15, 0.2) is 0 Å². The number of anilines is 1. The number of carbonyl (C=O) groups is 1. The van der Waals surface area contributed by atoms with Crippen LogP contribution in [0.5, 0.6) is 0 Å². The molecule has 1 aliphatic rings. The predicted octanol–water partition coefficient (Wildman–Crippen LogP) is 2.57. The highest BCUT2D eigenvalue weighted by Crippen LogP contribution is 2.22. The Hall–Kier alpha value is -1.89. The zero-order chi connectivity index (χ0) is 18.4. The summed E-state index contributed by atoms with van der Waals surface area (Å²) < 4.78 is 5.65. The summed E-state index contributed by atoms with van der Waals surface area (Å²) in [6.45, 7) is 7.63. The summed E-state index contributed by atoms with van der Waals surface area (Å²) >= 11 is 6.13. The van der Waals surface area contributed by atoms with Gasteiger partial charge in [-0.2, -0.15) is 4.99 Å². The van der Waals surface area contributed by atoms with E-state index in [1.165, 1.54) is 0 Å². The van der Waals surface area contributed by atoms with E-state index in [0.717, 1.165) is 24.3 Å². The number of nitrogens with zero attached hydrogens (tertiary/aromatic N) is 2. The smallest absolute Gasteiger partial charge is 0.261 e. The van der Waals surface area contributed by atoms with Gasteiger partial charge >= 0.3 is 0 Å². The quantitative estimate of drug-likeness (QED) is 0.620. The summed E-state index contributed by atoms with van der Waals surface area (Å²) in [6, 6.07) is 5.69. The molecule has 1 heterocycles. The van der Waals surface area contributed by atoms with E-state index in [9.17, 15) is 4.79 Å². The fourth-order valence-corrected chi connectivity index (χ4v) is 3.07. The molecule has 3 N–H and O–H groups in total. The summed E-state index contributed by atoms with van der Waals surface area (Å²) in [5, 5.41) is 3.64. The Labute approximate surface area is 153 Å². The van der Waals surface area contributed by atoms with Gasteiger partial charge in [0.2, 0.25) is 0 Å². The molecule has 1 aromatic carbocycles. The Morgan fingerprint density at radius 2 is 2.12 bits per heavy atom. The number of halogens is 1. The SMILES string of the molecule is Cc1ccc(N/C=C\C(N)=NC(=O)CN2CC(C)OC(C)C2)c(Cl)c1. The van der Waals surface area contributed by atoms with E-state index in [1.54, 1.807) is 12.3 Å². The summed E-state index contributed by atoms with van der Waals surface area (Å²) in [7, 11) is 0. The van der Waals surface area contributed by atoms with E-state index in [-0.39, 0.29) is 30.5 Å². The van der Waals surface area contributed by atoms with E-state index in [1.807, 2.05) is 43.9 Å². The molecule has 0 bridgehead atoms. The molecule has 1 fully saturated rings. The van der Waals surface area contributed by atoms with Crippen molar-refractivity contribution < 1.29 is 9.53 Å². The topological polar surface area (TPSA) is 79.9 Å². The van der Waals surface area contributed by atoms with Crippen molar-refractivity contribution >= 4 is 29.0 Å². The van der Waals surface area contributed by atoms with Crippen molar-refractivity contribution in [3.8, 4) is 0 Å². The molecule has 1 aliphatic heterocycles. The molecule has 2 rings (SSSR count). The summed E-state index contributed by atoms with van der Waals surface area (Å²) in [6.07, 6.45) is 3.38. The lowest BCUT2D eigenvalue weighted by Crippen LogP contribution is -2.47. The van der Waals surface area contributed by atoms with E-state index >= 15 is 0 Å². The predicted molar refractivity (Wildman–Crippen MR) is 102 cm³/mol. The van der Waals surface area contributed by atoms with Gasteiger partial charge in [0.05, 0.1) is 29.5 Å². The zero-order valence-corrected chi connectivity index (χ0v) is 15.6. The van der Waals surface area contributed by atoms with Crippen LogP contribution >= 0.6 is 11.6 Å². The minimum atomic E-state index is -0.267. The highest BCUT2D eigenvalue weighted by molar-refractivity contribution is 6.33. The van der Waals surface area contributed by atoms with Gasteiger partial charge in [-0.25, -0.2) is 0 Å². The molecule has 1 saturated heterocycles. The van der Waals surface area contributed by atoms with Gasteiger partial charge in [-0.3, -0.25) is 9.69 Å². The third-order valence-electron chi connectivity index (χ3n) is 3.73. The van der Waals surface area contributed by atoms with Gasteiger partial charge < -0.3 is 15.8 Å². The molecule has 2 unspecified atom stereocenters. The zero-order valence-electron chi connectivity index (χ0n) is 14.8. The Balaban J connectivity index is 1.86.